The first-order valence-corrected chi connectivity index (χ1v) is 9.93. The molecule has 9 heteroatoms. The van der Waals surface area contributed by atoms with E-state index in [1.807, 2.05) is 24.3 Å². The number of thioether (sulfide) groups is 1. The number of thiazole rings is 1. The van der Waals surface area contributed by atoms with Crippen molar-refractivity contribution in [2.75, 3.05) is 24.3 Å². The second-order valence-corrected chi connectivity index (χ2v) is 7.73. The summed E-state index contributed by atoms with van der Waals surface area (Å²) < 4.78 is 18.4. The lowest BCUT2D eigenvalue weighted by molar-refractivity contribution is -0.110. The molecule has 0 saturated carbocycles. The van der Waals surface area contributed by atoms with Gasteiger partial charge in [-0.1, -0.05) is 35.5 Å². The first-order valence-electron chi connectivity index (χ1n) is 8.13. The molecule has 1 atom stereocenters. The third-order valence-corrected chi connectivity index (χ3v) is 5.13. The molecule has 1 fully saturated rings. The van der Waals surface area contributed by atoms with Crippen LogP contribution in [0.1, 0.15) is 18.9 Å². The van der Waals surface area contributed by atoms with E-state index in [0.29, 0.717) is 18.8 Å². The lowest BCUT2D eigenvalue weighted by Gasteiger charge is -2.10. The first-order chi connectivity index (χ1) is 12.7. The Bertz CT molecular complexity index is 774. The largest absolute Gasteiger partial charge is 0.389 e. The molecule has 3 rings (SSSR count). The number of rotatable bonds is 7. The molecule has 1 saturated heterocycles. The first kappa shape index (κ1) is 18.8. The molecule has 1 aromatic carbocycles. The van der Waals surface area contributed by atoms with E-state index in [1.165, 1.54) is 0 Å². The summed E-state index contributed by atoms with van der Waals surface area (Å²) in [5.74, 6) is 0.454. The highest BCUT2D eigenvalue weighted by Crippen LogP contribution is 2.20. The summed E-state index contributed by atoms with van der Waals surface area (Å²) in [5.41, 5.74) is 0.722. The van der Waals surface area contributed by atoms with Crippen molar-refractivity contribution in [3.63, 3.8) is 0 Å². The van der Waals surface area contributed by atoms with Crippen LogP contribution in [0.2, 0.25) is 0 Å². The number of nitrogens with zero attached hydrogens (tertiary/aromatic N) is 2. The number of carbonyl (C=O) groups excluding carboxylic acids is 1. The van der Waals surface area contributed by atoms with Crippen molar-refractivity contribution in [2.45, 2.75) is 24.3 Å². The van der Waals surface area contributed by atoms with Crippen molar-refractivity contribution in [1.29, 1.82) is 0 Å². The average molecular weight is 395 g/mol. The van der Waals surface area contributed by atoms with Crippen molar-refractivity contribution in [3.05, 3.63) is 41.2 Å². The molecule has 0 spiro atoms. The van der Waals surface area contributed by atoms with E-state index in [2.05, 4.69) is 22.4 Å². The SMILES string of the molecule is CCSc1ccc(C(=NO[C@@H]2CCOC2)C(=O)Nc2ncc(F)s2)cc1. The van der Waals surface area contributed by atoms with E-state index in [1.54, 1.807) is 11.8 Å². The molecule has 138 valence electrons. The van der Waals surface area contributed by atoms with Crippen LogP contribution in [0.5, 0.6) is 0 Å². The summed E-state index contributed by atoms with van der Waals surface area (Å²) >= 11 is 2.46. The molecule has 1 aromatic heterocycles. The molecule has 1 aliphatic rings. The Balaban J connectivity index is 1.80. The highest BCUT2D eigenvalue weighted by Gasteiger charge is 2.21. The molecule has 1 N–H and O–H groups in total. The molecular weight excluding hydrogens is 377 g/mol. The van der Waals surface area contributed by atoms with E-state index in [0.717, 1.165) is 34.6 Å². The summed E-state index contributed by atoms with van der Waals surface area (Å²) in [7, 11) is 0. The van der Waals surface area contributed by atoms with E-state index in [9.17, 15) is 9.18 Å². The number of benzene rings is 1. The molecular formula is C17H18FN3O3S2. The Labute approximate surface area is 158 Å². The number of anilines is 1. The molecule has 6 nitrogen and oxygen atoms in total. The van der Waals surface area contributed by atoms with Gasteiger partial charge < -0.3 is 9.57 Å². The Kier molecular flexibility index (Phi) is 6.59. The summed E-state index contributed by atoms with van der Waals surface area (Å²) in [6, 6.07) is 7.47. The monoisotopic (exact) mass is 395 g/mol. The third kappa shape index (κ3) is 5.03. The molecule has 26 heavy (non-hydrogen) atoms. The van der Waals surface area contributed by atoms with Crippen LogP contribution in [0.25, 0.3) is 0 Å². The maximum absolute atomic E-state index is 13.1. The predicted molar refractivity (Wildman–Crippen MR) is 100 cm³/mol. The normalized spacial score (nSPS) is 17.3. The van der Waals surface area contributed by atoms with Crippen LogP contribution in [-0.2, 0) is 14.4 Å². The molecule has 0 radical (unpaired) electrons. The fourth-order valence-corrected chi connectivity index (χ4v) is 3.49. The van der Waals surface area contributed by atoms with Crippen molar-refractivity contribution >= 4 is 39.8 Å². The van der Waals surface area contributed by atoms with Gasteiger partial charge in [0, 0.05) is 16.9 Å². The molecule has 0 bridgehead atoms. The van der Waals surface area contributed by atoms with Gasteiger partial charge in [-0.3, -0.25) is 10.1 Å². The number of ether oxygens (including phenoxy) is 1. The van der Waals surface area contributed by atoms with Crippen LogP contribution in [0.15, 0.2) is 40.5 Å². The second kappa shape index (κ2) is 9.11. The van der Waals surface area contributed by atoms with Gasteiger partial charge in [-0.15, -0.1) is 11.8 Å². The topological polar surface area (TPSA) is 72.8 Å². The molecule has 1 aliphatic heterocycles. The van der Waals surface area contributed by atoms with Crippen LogP contribution in [0, 0.1) is 5.13 Å². The number of aromatic nitrogens is 1. The lowest BCUT2D eigenvalue weighted by Crippen LogP contribution is -2.25. The fraction of sp³-hybridized carbons (Fsp3) is 0.353. The number of carbonyl (C=O) groups is 1. The third-order valence-electron chi connectivity index (χ3n) is 3.53. The molecule has 0 aliphatic carbocycles. The van der Waals surface area contributed by atoms with Gasteiger partial charge >= 0.3 is 0 Å². The maximum atomic E-state index is 13.1. The van der Waals surface area contributed by atoms with Gasteiger partial charge in [0.1, 0.15) is 0 Å². The van der Waals surface area contributed by atoms with Gasteiger partial charge in [-0.25, -0.2) is 4.98 Å². The minimum Gasteiger partial charge on any atom is -0.389 e. The maximum Gasteiger partial charge on any atom is 0.280 e. The number of amides is 1. The predicted octanol–water partition coefficient (Wildman–Crippen LogP) is 3.54. The fourth-order valence-electron chi connectivity index (χ4n) is 2.29. The van der Waals surface area contributed by atoms with Crippen molar-refractivity contribution < 1.29 is 18.8 Å². The number of oxime groups is 1. The zero-order valence-corrected chi connectivity index (χ0v) is 15.7. The van der Waals surface area contributed by atoms with E-state index in [4.69, 9.17) is 9.57 Å². The molecule has 2 heterocycles. The van der Waals surface area contributed by atoms with Crippen molar-refractivity contribution in [2.24, 2.45) is 5.16 Å². The molecule has 1 amide bonds. The second-order valence-electron chi connectivity index (χ2n) is 5.41. The average Bonchev–Trinajstić information content (AvgIpc) is 3.28. The number of hydrogen-bond acceptors (Lipinski definition) is 7. The van der Waals surface area contributed by atoms with Gasteiger partial charge in [0.25, 0.3) is 5.91 Å². The smallest absolute Gasteiger partial charge is 0.280 e. The quantitative estimate of drug-likeness (QED) is 0.441. The number of nitrogens with one attached hydrogen (secondary N) is 1. The minimum absolute atomic E-state index is 0.112. The van der Waals surface area contributed by atoms with Crippen LogP contribution < -0.4 is 5.32 Å². The van der Waals surface area contributed by atoms with E-state index < -0.39 is 11.0 Å². The van der Waals surface area contributed by atoms with Gasteiger partial charge in [0.2, 0.25) is 0 Å². The minimum atomic E-state index is -0.505. The van der Waals surface area contributed by atoms with Gasteiger partial charge in [-0.2, -0.15) is 4.39 Å². The van der Waals surface area contributed by atoms with Gasteiger partial charge in [0.05, 0.1) is 19.4 Å². The van der Waals surface area contributed by atoms with Gasteiger partial charge in [0.15, 0.2) is 22.1 Å². The zero-order chi connectivity index (χ0) is 18.4. The summed E-state index contributed by atoms with van der Waals surface area (Å²) in [6.45, 7) is 3.13. The van der Waals surface area contributed by atoms with Crippen molar-refractivity contribution in [1.82, 2.24) is 4.98 Å². The standard InChI is InChI=1S/C17H18FN3O3S2/c1-2-25-13-5-3-11(4-6-13)15(21-24-12-7-8-23-10-12)16(22)20-17-19-9-14(18)26-17/h3-6,9,12H,2,7-8,10H2,1H3,(H,19,20,22)/t12-/m1/s1. The van der Waals surface area contributed by atoms with Gasteiger partial charge in [-0.05, 0) is 17.9 Å². The Hall–Kier alpha value is -1.97. The Morgan fingerprint density at radius 2 is 2.31 bits per heavy atom. The van der Waals surface area contributed by atoms with Crippen LogP contribution >= 0.6 is 23.1 Å². The van der Waals surface area contributed by atoms with E-state index in [-0.39, 0.29) is 16.9 Å². The molecule has 2 aromatic rings. The highest BCUT2D eigenvalue weighted by atomic mass is 32.2. The summed E-state index contributed by atoms with van der Waals surface area (Å²) in [6.07, 6.45) is 1.60. The van der Waals surface area contributed by atoms with E-state index >= 15 is 0 Å². The number of hydrogen-bond donors (Lipinski definition) is 1. The summed E-state index contributed by atoms with van der Waals surface area (Å²) in [5, 5.41) is 6.31. The molecule has 0 unspecified atom stereocenters. The Morgan fingerprint density at radius 1 is 1.50 bits per heavy atom. The Morgan fingerprint density at radius 3 is 2.92 bits per heavy atom. The summed E-state index contributed by atoms with van der Waals surface area (Å²) in [4.78, 5) is 23.0. The zero-order valence-electron chi connectivity index (χ0n) is 14.1. The van der Waals surface area contributed by atoms with Crippen LogP contribution in [0.4, 0.5) is 9.52 Å². The highest BCUT2D eigenvalue weighted by molar-refractivity contribution is 7.99. The lowest BCUT2D eigenvalue weighted by atomic mass is 10.1. The number of halogens is 1. The van der Waals surface area contributed by atoms with Crippen molar-refractivity contribution in [3.8, 4) is 0 Å². The van der Waals surface area contributed by atoms with Crippen LogP contribution in [0.3, 0.4) is 0 Å². The van der Waals surface area contributed by atoms with Crippen LogP contribution in [-0.4, -0.2) is 41.7 Å².